The fourth-order valence-electron chi connectivity index (χ4n) is 4.53. The number of ether oxygens (including phenoxy) is 1. The van der Waals surface area contributed by atoms with E-state index in [0.29, 0.717) is 6.61 Å². The normalized spacial score (nSPS) is 14.6. The maximum absolute atomic E-state index is 5.62. The average molecular weight is 459 g/mol. The van der Waals surface area contributed by atoms with Crippen LogP contribution in [0.1, 0.15) is 31.6 Å². The molecule has 6 heteroatoms. The van der Waals surface area contributed by atoms with Gasteiger partial charge in [0.1, 0.15) is 22.7 Å². The van der Waals surface area contributed by atoms with Gasteiger partial charge in [-0.15, -0.1) is 11.3 Å². The van der Waals surface area contributed by atoms with Crippen molar-refractivity contribution in [1.82, 2.24) is 9.97 Å². The Bertz CT molecular complexity index is 1230. The third kappa shape index (κ3) is 4.53. The van der Waals surface area contributed by atoms with Crippen molar-refractivity contribution in [2.75, 3.05) is 29.9 Å². The van der Waals surface area contributed by atoms with Crippen molar-refractivity contribution in [2.45, 2.75) is 33.6 Å². The highest BCUT2D eigenvalue weighted by molar-refractivity contribution is 7.19. The highest BCUT2D eigenvalue weighted by atomic mass is 32.1. The van der Waals surface area contributed by atoms with Crippen LogP contribution in [0.2, 0.25) is 0 Å². The molecule has 33 heavy (non-hydrogen) atoms. The number of hydrogen-bond acceptors (Lipinski definition) is 6. The van der Waals surface area contributed by atoms with Gasteiger partial charge in [-0.1, -0.05) is 19.1 Å². The first-order chi connectivity index (χ1) is 16.1. The van der Waals surface area contributed by atoms with Crippen molar-refractivity contribution in [2.24, 2.45) is 5.92 Å². The van der Waals surface area contributed by atoms with E-state index in [1.807, 2.05) is 19.1 Å². The highest BCUT2D eigenvalue weighted by Gasteiger charge is 2.18. The Hall–Kier alpha value is -3.12. The summed E-state index contributed by atoms with van der Waals surface area (Å²) in [7, 11) is 0. The Labute approximate surface area is 199 Å². The van der Waals surface area contributed by atoms with Gasteiger partial charge in [0, 0.05) is 34.9 Å². The van der Waals surface area contributed by atoms with Gasteiger partial charge >= 0.3 is 0 Å². The molecule has 0 saturated carbocycles. The van der Waals surface area contributed by atoms with E-state index >= 15 is 0 Å². The number of piperidine rings is 1. The molecule has 5 rings (SSSR count). The largest absolute Gasteiger partial charge is 0.494 e. The Kier molecular flexibility index (Phi) is 6.18. The van der Waals surface area contributed by atoms with Gasteiger partial charge in [-0.2, -0.15) is 0 Å². The number of rotatable bonds is 6. The zero-order valence-electron chi connectivity index (χ0n) is 19.5. The molecule has 1 aliphatic heterocycles. The third-order valence-corrected chi connectivity index (χ3v) is 7.41. The predicted molar refractivity (Wildman–Crippen MR) is 139 cm³/mol. The second-order valence-electron chi connectivity index (χ2n) is 8.73. The molecule has 0 atom stereocenters. The molecule has 0 aliphatic carbocycles. The van der Waals surface area contributed by atoms with Crippen molar-refractivity contribution in [1.29, 1.82) is 0 Å². The van der Waals surface area contributed by atoms with E-state index in [-0.39, 0.29) is 0 Å². The monoisotopic (exact) mass is 458 g/mol. The molecule has 0 amide bonds. The Morgan fingerprint density at radius 1 is 1.03 bits per heavy atom. The number of aromatic nitrogens is 2. The van der Waals surface area contributed by atoms with Gasteiger partial charge in [-0.25, -0.2) is 9.97 Å². The van der Waals surface area contributed by atoms with Crippen LogP contribution in [0, 0.1) is 12.8 Å². The van der Waals surface area contributed by atoms with Crippen LogP contribution >= 0.6 is 11.3 Å². The molecule has 1 saturated heterocycles. The van der Waals surface area contributed by atoms with E-state index < -0.39 is 0 Å². The van der Waals surface area contributed by atoms with Gasteiger partial charge in [0.15, 0.2) is 0 Å². The van der Waals surface area contributed by atoms with Crippen molar-refractivity contribution in [3.8, 4) is 16.9 Å². The summed E-state index contributed by atoms with van der Waals surface area (Å²) < 4.78 is 5.62. The maximum Gasteiger partial charge on any atom is 0.143 e. The van der Waals surface area contributed by atoms with E-state index in [4.69, 9.17) is 4.74 Å². The molecule has 2 aromatic heterocycles. The average Bonchev–Trinajstić information content (AvgIpc) is 3.18. The lowest BCUT2D eigenvalue weighted by atomic mass is 9.99. The first-order valence-corrected chi connectivity index (χ1v) is 12.5. The van der Waals surface area contributed by atoms with Crippen LogP contribution in [-0.2, 0) is 0 Å². The number of benzene rings is 2. The summed E-state index contributed by atoms with van der Waals surface area (Å²) >= 11 is 1.71. The third-order valence-electron chi connectivity index (χ3n) is 6.40. The first-order valence-electron chi connectivity index (χ1n) is 11.7. The number of anilines is 3. The van der Waals surface area contributed by atoms with Crippen LogP contribution < -0.4 is 15.0 Å². The lowest BCUT2D eigenvalue weighted by molar-refractivity contribution is 0.340. The number of aryl methyl sites for hydroxylation is 1. The molecule has 1 aliphatic rings. The van der Waals surface area contributed by atoms with Gasteiger partial charge in [0.2, 0.25) is 0 Å². The second kappa shape index (κ2) is 9.40. The molecule has 2 aromatic carbocycles. The predicted octanol–water partition coefficient (Wildman–Crippen LogP) is 7.05. The summed E-state index contributed by atoms with van der Waals surface area (Å²) in [6.45, 7) is 9.44. The second-order valence-corrected chi connectivity index (χ2v) is 9.94. The number of thiophene rings is 1. The molecule has 1 N–H and O–H groups in total. The molecule has 0 radical (unpaired) electrons. The van der Waals surface area contributed by atoms with Crippen molar-refractivity contribution < 1.29 is 4.74 Å². The lowest BCUT2D eigenvalue weighted by Crippen LogP contribution is -2.32. The molecule has 0 bridgehead atoms. The fraction of sp³-hybridized carbons (Fsp3) is 0.333. The molecule has 0 unspecified atom stereocenters. The molecule has 0 spiro atoms. The van der Waals surface area contributed by atoms with Crippen LogP contribution in [0.4, 0.5) is 17.2 Å². The summed E-state index contributed by atoms with van der Waals surface area (Å²) in [5, 5.41) is 4.62. The minimum Gasteiger partial charge on any atom is -0.494 e. The number of hydrogen-bond donors (Lipinski definition) is 1. The minimum atomic E-state index is 0.664. The SMILES string of the molecule is CCOc1ccc(-c2c(C)sc3ncnc(Nc4ccc(N5CCC(C)CC5)cc4)c23)cc1. The van der Waals surface area contributed by atoms with E-state index in [2.05, 4.69) is 70.4 Å². The zero-order chi connectivity index (χ0) is 22.8. The summed E-state index contributed by atoms with van der Waals surface area (Å²) in [6.07, 6.45) is 4.18. The van der Waals surface area contributed by atoms with Crippen LogP contribution in [0.15, 0.2) is 54.9 Å². The van der Waals surface area contributed by atoms with E-state index in [0.717, 1.165) is 52.0 Å². The van der Waals surface area contributed by atoms with E-state index in [9.17, 15) is 0 Å². The quantitative estimate of drug-likeness (QED) is 0.336. The van der Waals surface area contributed by atoms with Gasteiger partial charge in [0.05, 0.1) is 12.0 Å². The highest BCUT2D eigenvalue weighted by Crippen LogP contribution is 2.41. The van der Waals surface area contributed by atoms with E-state index in [1.165, 1.54) is 29.0 Å². The standard InChI is InChI=1S/C27H30N4OS/c1-4-32-23-11-5-20(6-12-23)24-19(3)33-27-25(24)26(28-17-29-27)30-21-7-9-22(10-8-21)31-15-13-18(2)14-16-31/h5-12,17-18H,4,13-16H2,1-3H3,(H,28,29,30). The van der Waals surface area contributed by atoms with Gasteiger partial charge < -0.3 is 15.0 Å². The van der Waals surface area contributed by atoms with Crippen LogP contribution in [0.5, 0.6) is 5.75 Å². The molecule has 4 aromatic rings. The van der Waals surface area contributed by atoms with Crippen molar-refractivity contribution in [3.05, 3.63) is 59.7 Å². The number of fused-ring (bicyclic) bond motifs is 1. The summed E-state index contributed by atoms with van der Waals surface area (Å²) in [5.74, 6) is 2.56. The Morgan fingerprint density at radius 2 is 1.76 bits per heavy atom. The fourth-order valence-corrected chi connectivity index (χ4v) is 5.54. The summed E-state index contributed by atoms with van der Waals surface area (Å²) in [4.78, 5) is 13.9. The first kappa shape index (κ1) is 21.7. The molecular weight excluding hydrogens is 428 g/mol. The van der Waals surface area contributed by atoms with Gasteiger partial charge in [-0.05, 0) is 74.6 Å². The number of nitrogens with one attached hydrogen (secondary N) is 1. The van der Waals surface area contributed by atoms with Crippen LogP contribution in [-0.4, -0.2) is 29.7 Å². The van der Waals surface area contributed by atoms with Crippen molar-refractivity contribution in [3.63, 3.8) is 0 Å². The molecule has 1 fully saturated rings. The van der Waals surface area contributed by atoms with Gasteiger partial charge in [0.25, 0.3) is 0 Å². The topological polar surface area (TPSA) is 50.3 Å². The van der Waals surface area contributed by atoms with Crippen molar-refractivity contribution >= 4 is 38.7 Å². The summed E-state index contributed by atoms with van der Waals surface area (Å²) in [6, 6.07) is 17.0. The lowest BCUT2D eigenvalue weighted by Gasteiger charge is -2.32. The Balaban J connectivity index is 1.44. The smallest absolute Gasteiger partial charge is 0.143 e. The number of nitrogens with zero attached hydrogens (tertiary/aromatic N) is 3. The molecule has 170 valence electrons. The van der Waals surface area contributed by atoms with E-state index in [1.54, 1.807) is 17.7 Å². The molecule has 5 nitrogen and oxygen atoms in total. The van der Waals surface area contributed by atoms with Gasteiger partial charge in [-0.3, -0.25) is 0 Å². The van der Waals surface area contributed by atoms with Crippen LogP contribution in [0.3, 0.4) is 0 Å². The Morgan fingerprint density at radius 3 is 2.45 bits per heavy atom. The maximum atomic E-state index is 5.62. The van der Waals surface area contributed by atoms with Crippen LogP contribution in [0.25, 0.3) is 21.3 Å². The zero-order valence-corrected chi connectivity index (χ0v) is 20.3. The minimum absolute atomic E-state index is 0.664. The summed E-state index contributed by atoms with van der Waals surface area (Å²) in [5.41, 5.74) is 4.65. The molecule has 3 heterocycles. The molecular formula is C27H30N4OS.